The molecule has 2 aromatic rings. The standard InChI is InChI=1S/C92H174N2O18Si6/c1-65(61-105-113(31,32)85(3,4)5)75(101-29)57-77-91(21,22)79(111-117(39,40)89(15,16)17)59-81-93-71(63-103-81)73(99-27)51-47-44-46-50-68(98-26)54-70(110-116(37,38)88(12,13)14)56-84(96)108-78(58-76(102-30)66(2)62-106-114(33,34)86(6,7)8)92(23,24)80(112-118(41,42)90(18,19)20)60-82-94-72(64-104-82)74(100-28)52-48-43-45-49-67(97-25)53-69(55-83(95)107-77)109-115(35,36)87(9,10)11/h43-50,63-70,73-80H,51-62H2,1-42H3/b47-44+,48-43+,49-45+,50-46+/t65-,66-,67-,68-,69-,70-,73-,74-,75-,76-,77-,78-,79-,80-/m0/s1. The van der Waals surface area contributed by atoms with Crippen LogP contribution >= 0.6 is 0 Å². The fourth-order valence-corrected chi connectivity index (χ4v) is 20.5. The molecule has 3 rings (SSSR count). The van der Waals surface area contributed by atoms with Crippen molar-refractivity contribution in [2.24, 2.45) is 22.7 Å². The van der Waals surface area contributed by atoms with Gasteiger partial charge in [-0.25, -0.2) is 9.97 Å². The maximum absolute atomic E-state index is 15.5. The first-order chi connectivity index (χ1) is 53.6. The summed E-state index contributed by atoms with van der Waals surface area (Å²) in [6, 6.07) is 0. The predicted molar refractivity (Wildman–Crippen MR) is 497 cm³/mol. The number of fused-ring (bicyclic) bond motifs is 4. The number of allylic oxidation sites excluding steroid dienone is 4. The van der Waals surface area contributed by atoms with Gasteiger partial charge in [-0.3, -0.25) is 9.59 Å². The van der Waals surface area contributed by atoms with Crippen molar-refractivity contribution in [3.8, 4) is 0 Å². The Bertz CT molecular complexity index is 3220. The van der Waals surface area contributed by atoms with Gasteiger partial charge in [0.25, 0.3) is 0 Å². The first-order valence-electron chi connectivity index (χ1n) is 43.7. The summed E-state index contributed by atoms with van der Waals surface area (Å²) in [4.78, 5) is 41.3. The Morgan fingerprint density at radius 2 is 0.703 bits per heavy atom. The van der Waals surface area contributed by atoms with Crippen LogP contribution in [0.2, 0.25) is 109 Å². The van der Waals surface area contributed by atoms with Gasteiger partial charge < -0.3 is 73.3 Å². The fraction of sp³-hybridized carbons (Fsp3) is 0.826. The van der Waals surface area contributed by atoms with Crippen molar-refractivity contribution in [3.63, 3.8) is 0 Å². The van der Waals surface area contributed by atoms with Gasteiger partial charge in [0.15, 0.2) is 61.7 Å². The number of carbonyl (C=O) groups is 2. The van der Waals surface area contributed by atoms with Gasteiger partial charge in [-0.2, -0.15) is 0 Å². The lowest BCUT2D eigenvalue weighted by Gasteiger charge is -2.47. The van der Waals surface area contributed by atoms with Gasteiger partial charge in [-0.15, -0.1) is 0 Å². The molecule has 0 saturated heterocycles. The zero-order valence-electron chi connectivity index (χ0n) is 82.6. The summed E-state index contributed by atoms with van der Waals surface area (Å²) >= 11 is 0. The molecule has 0 unspecified atom stereocenters. The lowest BCUT2D eigenvalue weighted by atomic mass is 9.76. The number of carbonyl (C=O) groups excluding carboxylic acids is 2. The molecule has 0 aliphatic carbocycles. The van der Waals surface area contributed by atoms with E-state index in [0.29, 0.717) is 74.9 Å². The molecule has 26 heteroatoms. The Balaban J connectivity index is 2.47. The van der Waals surface area contributed by atoms with E-state index in [1.54, 1.807) is 55.2 Å². The molecule has 1 aliphatic heterocycles. The largest absolute Gasteiger partial charge is 0.462 e. The number of nitrogens with zero attached hydrogens (tertiary/aromatic N) is 2. The second-order valence-electron chi connectivity index (χ2n) is 44.2. The van der Waals surface area contributed by atoms with Crippen LogP contribution in [0.25, 0.3) is 0 Å². The molecule has 20 nitrogen and oxygen atoms in total. The van der Waals surface area contributed by atoms with E-state index in [4.69, 9.17) is 83.3 Å². The third-order valence-electron chi connectivity index (χ3n) is 28.0. The molecule has 0 radical (unpaired) electrons. The minimum Gasteiger partial charge on any atom is -0.462 e. The van der Waals surface area contributed by atoms with Gasteiger partial charge in [-0.05, 0) is 122 Å². The summed E-state index contributed by atoms with van der Waals surface area (Å²) in [5, 5.41) is -0.764. The first kappa shape index (κ1) is 109. The molecule has 0 aromatic carbocycles. The molecular formula is C92H174N2O18Si6. The van der Waals surface area contributed by atoms with Crippen LogP contribution in [0.5, 0.6) is 0 Å². The van der Waals surface area contributed by atoms with Crippen LogP contribution in [0, 0.1) is 22.7 Å². The van der Waals surface area contributed by atoms with Gasteiger partial charge in [0.2, 0.25) is 0 Å². The highest BCUT2D eigenvalue weighted by molar-refractivity contribution is 6.76. The normalized spacial score (nSPS) is 25.9. The Kier molecular flexibility index (Phi) is 41.3. The van der Waals surface area contributed by atoms with Crippen molar-refractivity contribution in [1.82, 2.24) is 9.97 Å². The SMILES string of the molecule is CO[C@H]1C/C=C/C=C/[C@H](OC)C[C@H](O[Si](C)(C)C(C)(C)C)CC(=O)O[C@@H](C[C@H](OC)[C@@H](C)CO[Si](C)(C)C(C)(C)C)C(C)(C)[C@@H](O[Si](C)(C)C(C)(C)C)Cc2nc(co2)[C@@H](OC)C/C=C/C=C/[C@H](OC)C[C@H](O[Si](C)(C)C(C)(C)C)CC(=O)O[C@@H](C[C@H](OC)[C@@H](C)CO[Si](C)(C)C(C)(C)C)C(C)(C)[C@@H](O[Si](C)(C)C(C)(C)C)Cc2nc1co2. The van der Waals surface area contributed by atoms with Crippen molar-refractivity contribution < 1.29 is 82.9 Å². The summed E-state index contributed by atoms with van der Waals surface area (Å²) in [5.41, 5.74) is -0.505. The lowest BCUT2D eigenvalue weighted by Crippen LogP contribution is -2.54. The van der Waals surface area contributed by atoms with Crippen molar-refractivity contribution in [2.75, 3.05) is 55.9 Å². The average molecular weight is 1760 g/mol. The number of rotatable bonds is 26. The van der Waals surface area contributed by atoms with E-state index in [9.17, 15) is 0 Å². The molecule has 118 heavy (non-hydrogen) atoms. The van der Waals surface area contributed by atoms with E-state index in [1.165, 1.54) is 0 Å². The molecular weight excluding hydrogens is 1590 g/mol. The van der Waals surface area contributed by atoms with E-state index in [0.717, 1.165) is 0 Å². The van der Waals surface area contributed by atoms with Gasteiger partial charge in [-0.1, -0.05) is 215 Å². The van der Waals surface area contributed by atoms with Crippen LogP contribution < -0.4 is 0 Å². The molecule has 2 aromatic heterocycles. The van der Waals surface area contributed by atoms with Crippen LogP contribution in [0.1, 0.15) is 253 Å². The highest BCUT2D eigenvalue weighted by Gasteiger charge is 2.52. The number of hydrogen-bond acceptors (Lipinski definition) is 20. The van der Waals surface area contributed by atoms with Crippen LogP contribution in [0.15, 0.2) is 70.0 Å². The average Bonchev–Trinajstić information content (AvgIpc) is 1.27. The minimum absolute atomic E-state index is 0.00402. The Hall–Kier alpha value is -2.86. The molecule has 0 spiro atoms. The summed E-state index contributed by atoms with van der Waals surface area (Å²) in [7, 11) is -4.40. The van der Waals surface area contributed by atoms with Gasteiger partial charge >= 0.3 is 11.9 Å². The van der Waals surface area contributed by atoms with E-state index in [-0.39, 0.29) is 80.0 Å². The van der Waals surface area contributed by atoms with Gasteiger partial charge in [0.1, 0.15) is 48.3 Å². The van der Waals surface area contributed by atoms with E-state index < -0.39 is 134 Å². The van der Waals surface area contributed by atoms with E-state index in [1.807, 2.05) is 48.6 Å². The highest BCUT2D eigenvalue weighted by Crippen LogP contribution is 2.48. The number of methoxy groups -OCH3 is 6. The van der Waals surface area contributed by atoms with Gasteiger partial charge in [0.05, 0.1) is 61.7 Å². The number of ether oxygens (including phenoxy) is 8. The summed E-state index contributed by atoms with van der Waals surface area (Å²) in [6.07, 6.45) is 15.9. The second kappa shape index (κ2) is 44.5. The summed E-state index contributed by atoms with van der Waals surface area (Å²) in [6.45, 7) is 80.9. The summed E-state index contributed by atoms with van der Waals surface area (Å²) < 4.78 is 108. The number of oxazole rings is 2. The van der Waals surface area contributed by atoms with Crippen molar-refractivity contribution in [3.05, 3.63) is 84.3 Å². The van der Waals surface area contributed by atoms with Crippen LogP contribution in [0.3, 0.4) is 0 Å². The maximum atomic E-state index is 15.5. The zero-order valence-corrected chi connectivity index (χ0v) is 88.6. The second-order valence-corrected chi connectivity index (χ2v) is 72.8. The predicted octanol–water partition coefficient (Wildman–Crippen LogP) is 24.0. The molecule has 684 valence electrons. The topological polar surface area (TPSA) is 215 Å². The number of aromatic nitrogens is 2. The van der Waals surface area contributed by atoms with Crippen LogP contribution in [-0.2, 0) is 86.9 Å². The zero-order chi connectivity index (χ0) is 90.8. The molecule has 14 atom stereocenters. The molecule has 0 amide bonds. The molecule has 3 heterocycles. The number of cyclic esters (lactones) is 2. The molecule has 0 N–H and O–H groups in total. The first-order valence-corrected chi connectivity index (χ1v) is 61.2. The highest BCUT2D eigenvalue weighted by atomic mass is 28.4. The third kappa shape index (κ3) is 32.5. The Labute approximate surface area is 725 Å². The van der Waals surface area contributed by atoms with Crippen molar-refractivity contribution in [2.45, 2.75) is 412 Å². The molecule has 0 fully saturated rings. The van der Waals surface area contributed by atoms with E-state index >= 15 is 9.59 Å². The minimum atomic E-state index is -2.60. The monoisotopic (exact) mass is 1760 g/mol. The quantitative estimate of drug-likeness (QED) is 0.0632. The third-order valence-corrected chi connectivity index (χ3v) is 55.0. The number of esters is 2. The Morgan fingerprint density at radius 3 is 0.966 bits per heavy atom. The van der Waals surface area contributed by atoms with Crippen LogP contribution in [-0.4, -0.2) is 189 Å². The van der Waals surface area contributed by atoms with Crippen LogP contribution in [0.4, 0.5) is 0 Å². The fourth-order valence-electron chi connectivity index (χ4n) is 12.7. The molecule has 4 bridgehead atoms. The Morgan fingerprint density at radius 1 is 0.415 bits per heavy atom. The number of hydrogen-bond donors (Lipinski definition) is 0. The smallest absolute Gasteiger partial charge is 0.308 e. The summed E-state index contributed by atoms with van der Waals surface area (Å²) in [5.74, 6) is 0.000291. The van der Waals surface area contributed by atoms with E-state index in [2.05, 4.69) is 245 Å². The van der Waals surface area contributed by atoms with Crippen molar-refractivity contribution >= 4 is 61.8 Å². The maximum Gasteiger partial charge on any atom is 0.308 e. The van der Waals surface area contributed by atoms with Crippen molar-refractivity contribution in [1.29, 1.82) is 0 Å². The molecule has 1 aliphatic rings. The molecule has 0 saturated carbocycles. The lowest BCUT2D eigenvalue weighted by molar-refractivity contribution is -0.168. The van der Waals surface area contributed by atoms with Gasteiger partial charge in [0, 0.05) is 117 Å².